The van der Waals surface area contributed by atoms with E-state index in [1.807, 2.05) is 25.1 Å². The first kappa shape index (κ1) is 20.5. The van der Waals surface area contributed by atoms with Crippen LogP contribution in [-0.2, 0) is 30.7 Å². The molecule has 1 unspecified atom stereocenters. The molecule has 0 saturated heterocycles. The average molecular weight is 402 g/mol. The van der Waals surface area contributed by atoms with E-state index >= 15 is 0 Å². The number of rotatable bonds is 6. The lowest BCUT2D eigenvalue weighted by molar-refractivity contribution is -0.130. The van der Waals surface area contributed by atoms with Gasteiger partial charge in [-0.25, -0.2) is 4.98 Å². The molecule has 0 radical (unpaired) electrons. The standard InChI is InChI=1S/C20H27N5O2S/c1-13-6-7-14-15(10-13)28-19-18(14)20(27)25(16(22-19)11-23(2)3)12-17(26)24(4)9-5-8-21/h13H,5-7,9-12H2,1-4H3. The van der Waals surface area contributed by atoms with Crippen LogP contribution in [0.2, 0.25) is 0 Å². The highest BCUT2D eigenvalue weighted by Crippen LogP contribution is 2.35. The van der Waals surface area contributed by atoms with Gasteiger partial charge in [0.1, 0.15) is 17.2 Å². The summed E-state index contributed by atoms with van der Waals surface area (Å²) in [6.45, 7) is 3.04. The summed E-state index contributed by atoms with van der Waals surface area (Å²) in [5.74, 6) is 1.05. The number of amides is 1. The van der Waals surface area contributed by atoms with Crippen molar-refractivity contribution in [1.29, 1.82) is 5.26 Å². The van der Waals surface area contributed by atoms with Crippen molar-refractivity contribution in [2.75, 3.05) is 27.7 Å². The van der Waals surface area contributed by atoms with E-state index in [1.54, 1.807) is 18.4 Å². The summed E-state index contributed by atoms with van der Waals surface area (Å²) >= 11 is 1.63. The van der Waals surface area contributed by atoms with E-state index in [9.17, 15) is 9.59 Å². The molecule has 1 aliphatic rings. The van der Waals surface area contributed by atoms with Crippen LogP contribution < -0.4 is 5.56 Å². The Hall–Kier alpha value is -2.24. The number of fused-ring (bicyclic) bond motifs is 3. The Bertz CT molecular complexity index is 985. The van der Waals surface area contributed by atoms with E-state index in [0.29, 0.717) is 30.2 Å². The number of nitrogens with zero attached hydrogens (tertiary/aromatic N) is 5. The Balaban J connectivity index is 2.06. The summed E-state index contributed by atoms with van der Waals surface area (Å²) < 4.78 is 1.53. The monoisotopic (exact) mass is 401 g/mol. The van der Waals surface area contributed by atoms with Gasteiger partial charge in [0.2, 0.25) is 5.91 Å². The lowest BCUT2D eigenvalue weighted by atomic mass is 9.89. The van der Waals surface area contributed by atoms with Crippen LogP contribution >= 0.6 is 11.3 Å². The third-order valence-electron chi connectivity index (χ3n) is 5.23. The molecule has 0 saturated carbocycles. The zero-order chi connectivity index (χ0) is 20.4. The smallest absolute Gasteiger partial charge is 0.263 e. The van der Waals surface area contributed by atoms with Crippen LogP contribution in [0.3, 0.4) is 0 Å². The number of hydrogen-bond acceptors (Lipinski definition) is 6. The molecule has 0 aromatic carbocycles. The topological polar surface area (TPSA) is 82.2 Å². The second-order valence-electron chi connectivity index (χ2n) is 7.91. The number of nitriles is 1. The Morgan fingerprint density at radius 2 is 2.14 bits per heavy atom. The van der Waals surface area contributed by atoms with Gasteiger partial charge in [0.25, 0.3) is 5.56 Å². The molecule has 2 aromatic heterocycles. The number of thiophene rings is 1. The number of hydrogen-bond donors (Lipinski definition) is 0. The highest BCUT2D eigenvalue weighted by Gasteiger charge is 2.25. The van der Waals surface area contributed by atoms with Crippen molar-refractivity contribution in [3.8, 4) is 6.07 Å². The van der Waals surface area contributed by atoms with Gasteiger partial charge >= 0.3 is 0 Å². The van der Waals surface area contributed by atoms with Crippen molar-refractivity contribution >= 4 is 27.5 Å². The largest absolute Gasteiger partial charge is 0.343 e. The highest BCUT2D eigenvalue weighted by molar-refractivity contribution is 7.18. The van der Waals surface area contributed by atoms with Crippen LogP contribution in [0.5, 0.6) is 0 Å². The van der Waals surface area contributed by atoms with Gasteiger partial charge in [-0.3, -0.25) is 14.2 Å². The normalized spacial score (nSPS) is 16.2. The van der Waals surface area contributed by atoms with Crippen LogP contribution in [0.15, 0.2) is 4.79 Å². The molecule has 1 amide bonds. The van der Waals surface area contributed by atoms with Crippen molar-refractivity contribution in [3.05, 3.63) is 26.6 Å². The van der Waals surface area contributed by atoms with Gasteiger partial charge in [0.05, 0.1) is 24.4 Å². The fourth-order valence-corrected chi connectivity index (χ4v) is 5.02. The second kappa shape index (κ2) is 8.41. The third kappa shape index (κ3) is 4.10. The molecule has 0 fully saturated rings. The average Bonchev–Trinajstić information content (AvgIpc) is 2.99. The second-order valence-corrected chi connectivity index (χ2v) is 9.00. The van der Waals surface area contributed by atoms with Crippen LogP contribution in [0.4, 0.5) is 0 Å². The maximum Gasteiger partial charge on any atom is 0.263 e. The quantitative estimate of drug-likeness (QED) is 0.740. The SMILES string of the molecule is CC1CCc2c(sc3nc(CN(C)C)n(CC(=O)N(C)CCC#N)c(=O)c23)C1. The third-order valence-corrected chi connectivity index (χ3v) is 6.38. The number of aromatic nitrogens is 2. The molecule has 1 aliphatic carbocycles. The summed E-state index contributed by atoms with van der Waals surface area (Å²) in [4.78, 5) is 36.3. The molecule has 0 aliphatic heterocycles. The molecule has 2 aromatic rings. The Morgan fingerprint density at radius 1 is 1.39 bits per heavy atom. The molecule has 0 N–H and O–H groups in total. The van der Waals surface area contributed by atoms with Gasteiger partial charge in [-0.1, -0.05) is 6.92 Å². The van der Waals surface area contributed by atoms with Crippen molar-refractivity contribution in [2.45, 2.75) is 45.7 Å². The van der Waals surface area contributed by atoms with Crippen molar-refractivity contribution < 1.29 is 4.79 Å². The number of carbonyl (C=O) groups is 1. The Morgan fingerprint density at radius 3 is 2.82 bits per heavy atom. The van der Waals surface area contributed by atoms with Crippen LogP contribution in [0.1, 0.15) is 36.0 Å². The predicted octanol–water partition coefficient (Wildman–Crippen LogP) is 2.02. The zero-order valence-electron chi connectivity index (χ0n) is 17.0. The molecule has 1 atom stereocenters. The molecule has 150 valence electrons. The fourth-order valence-electron chi connectivity index (χ4n) is 3.63. The zero-order valence-corrected chi connectivity index (χ0v) is 17.8. The van der Waals surface area contributed by atoms with Crippen LogP contribution in [-0.4, -0.2) is 52.9 Å². The van der Waals surface area contributed by atoms with Gasteiger partial charge < -0.3 is 9.80 Å². The minimum atomic E-state index is -0.184. The lowest BCUT2D eigenvalue weighted by Crippen LogP contribution is -2.37. The van der Waals surface area contributed by atoms with Crippen molar-refractivity contribution in [3.63, 3.8) is 0 Å². The van der Waals surface area contributed by atoms with Gasteiger partial charge in [-0.15, -0.1) is 11.3 Å². The van der Waals surface area contributed by atoms with Crippen LogP contribution in [0.25, 0.3) is 10.2 Å². The summed E-state index contributed by atoms with van der Waals surface area (Å²) in [6.07, 6.45) is 3.24. The number of aryl methyl sites for hydroxylation is 1. The van der Waals surface area contributed by atoms with Gasteiger partial charge in [-0.2, -0.15) is 5.26 Å². The summed E-state index contributed by atoms with van der Waals surface area (Å²) in [6, 6.07) is 2.04. The molecule has 8 heteroatoms. The van der Waals surface area contributed by atoms with Crippen LogP contribution in [0, 0.1) is 17.2 Å². The van der Waals surface area contributed by atoms with E-state index in [0.717, 1.165) is 29.7 Å². The summed E-state index contributed by atoms with van der Waals surface area (Å²) in [7, 11) is 5.50. The fraction of sp³-hybridized carbons (Fsp3) is 0.600. The molecule has 0 bridgehead atoms. The van der Waals surface area contributed by atoms with E-state index < -0.39 is 0 Å². The first-order chi connectivity index (χ1) is 13.3. The maximum absolute atomic E-state index is 13.4. The van der Waals surface area contributed by atoms with Gasteiger partial charge in [0, 0.05) is 18.5 Å². The van der Waals surface area contributed by atoms with Crippen molar-refractivity contribution in [2.24, 2.45) is 5.92 Å². The molecular weight excluding hydrogens is 374 g/mol. The molecule has 0 spiro atoms. The molecule has 7 nitrogen and oxygen atoms in total. The van der Waals surface area contributed by atoms with E-state index in [1.165, 1.54) is 14.3 Å². The molecular formula is C20H27N5O2S. The Labute approximate surface area is 169 Å². The summed E-state index contributed by atoms with van der Waals surface area (Å²) in [5, 5.41) is 9.44. The number of likely N-dealkylation sites (N-methyl/N-ethyl adjacent to an activating group) is 1. The summed E-state index contributed by atoms with van der Waals surface area (Å²) in [5.41, 5.74) is 1.02. The molecule has 2 heterocycles. The highest BCUT2D eigenvalue weighted by atomic mass is 32.1. The Kier molecular flexibility index (Phi) is 6.16. The molecule has 3 rings (SSSR count). The lowest BCUT2D eigenvalue weighted by Gasteiger charge is -2.20. The first-order valence-electron chi connectivity index (χ1n) is 9.61. The maximum atomic E-state index is 13.4. The van der Waals surface area contributed by atoms with E-state index in [-0.39, 0.29) is 24.4 Å². The first-order valence-corrected chi connectivity index (χ1v) is 10.4. The van der Waals surface area contributed by atoms with Gasteiger partial charge in [0.15, 0.2) is 0 Å². The van der Waals surface area contributed by atoms with Crippen molar-refractivity contribution in [1.82, 2.24) is 19.4 Å². The minimum absolute atomic E-state index is 0.0477. The number of carbonyl (C=O) groups excluding carboxylic acids is 1. The van der Waals surface area contributed by atoms with E-state index in [4.69, 9.17) is 10.2 Å². The minimum Gasteiger partial charge on any atom is -0.343 e. The van der Waals surface area contributed by atoms with E-state index in [2.05, 4.69) is 6.92 Å². The molecule has 28 heavy (non-hydrogen) atoms. The predicted molar refractivity (Wildman–Crippen MR) is 110 cm³/mol. The van der Waals surface area contributed by atoms with Gasteiger partial charge in [-0.05, 0) is 44.8 Å².